The third-order valence-electron chi connectivity index (χ3n) is 4.28. The zero-order chi connectivity index (χ0) is 18.6. The van der Waals surface area contributed by atoms with Crippen LogP contribution in [0.25, 0.3) is 10.8 Å². The maximum atomic E-state index is 5.83. The van der Waals surface area contributed by atoms with E-state index in [1.165, 1.54) is 5.56 Å². The van der Waals surface area contributed by atoms with Crippen molar-refractivity contribution in [2.75, 3.05) is 0 Å². The number of aryl methyl sites for hydroxylation is 1. The minimum atomic E-state index is 0.694. The molecule has 27 heavy (non-hydrogen) atoms. The van der Waals surface area contributed by atoms with Gasteiger partial charge in [-0.25, -0.2) is 4.98 Å². The van der Waals surface area contributed by atoms with Crippen molar-refractivity contribution in [1.29, 1.82) is 0 Å². The Morgan fingerprint density at radius 1 is 1.11 bits per heavy atom. The molecule has 3 heterocycles. The topological polar surface area (TPSA) is 56.7 Å². The first-order chi connectivity index (χ1) is 13.2. The Hall–Kier alpha value is -2.38. The quantitative estimate of drug-likeness (QED) is 0.402. The Balaban J connectivity index is 1.49. The van der Waals surface area contributed by atoms with Gasteiger partial charge in [0.15, 0.2) is 5.16 Å². The van der Waals surface area contributed by atoms with Gasteiger partial charge in [-0.3, -0.25) is 0 Å². The lowest BCUT2D eigenvalue weighted by Gasteiger charge is -2.07. The van der Waals surface area contributed by atoms with E-state index < -0.39 is 0 Å². The molecule has 0 radical (unpaired) electrons. The lowest BCUT2D eigenvalue weighted by atomic mass is 10.1. The van der Waals surface area contributed by atoms with Crippen molar-refractivity contribution in [3.8, 4) is 10.8 Å². The van der Waals surface area contributed by atoms with Crippen molar-refractivity contribution in [2.24, 2.45) is 0 Å². The highest BCUT2D eigenvalue weighted by atomic mass is 32.2. The van der Waals surface area contributed by atoms with Gasteiger partial charge in [0.2, 0.25) is 5.89 Å². The molecule has 7 heteroatoms. The molecule has 0 amide bonds. The number of benzene rings is 1. The van der Waals surface area contributed by atoms with E-state index in [-0.39, 0.29) is 0 Å². The van der Waals surface area contributed by atoms with Crippen LogP contribution in [0.1, 0.15) is 29.8 Å². The fraction of sp³-hybridized carbons (Fsp3) is 0.250. The van der Waals surface area contributed by atoms with E-state index in [4.69, 9.17) is 4.42 Å². The van der Waals surface area contributed by atoms with Gasteiger partial charge >= 0.3 is 0 Å². The van der Waals surface area contributed by atoms with Crippen molar-refractivity contribution in [2.45, 2.75) is 37.7 Å². The standard InChI is InChI=1S/C20H20N4OS2/c1-3-24-18(12-15-8-5-4-6-9-15)22-23-20(24)27-13-16-14(2)25-19(21-16)17-10-7-11-26-17/h4-11H,3,12-13H2,1-2H3. The van der Waals surface area contributed by atoms with E-state index in [0.717, 1.165) is 40.3 Å². The molecule has 0 aliphatic rings. The third kappa shape index (κ3) is 3.99. The van der Waals surface area contributed by atoms with Gasteiger partial charge in [-0.1, -0.05) is 48.2 Å². The fourth-order valence-electron chi connectivity index (χ4n) is 2.85. The molecule has 0 fully saturated rings. The molecule has 0 unspecified atom stereocenters. The number of thiophene rings is 1. The van der Waals surface area contributed by atoms with Gasteiger partial charge in [-0.05, 0) is 30.9 Å². The number of oxazole rings is 1. The molecule has 0 N–H and O–H groups in total. The minimum Gasteiger partial charge on any atom is -0.440 e. The van der Waals surface area contributed by atoms with Crippen molar-refractivity contribution in [3.63, 3.8) is 0 Å². The molecular formula is C20H20N4OS2. The Bertz CT molecular complexity index is 1010. The summed E-state index contributed by atoms with van der Waals surface area (Å²) in [6.45, 7) is 4.93. The first-order valence-electron chi connectivity index (χ1n) is 8.83. The molecule has 0 spiro atoms. The monoisotopic (exact) mass is 396 g/mol. The molecule has 0 aliphatic carbocycles. The van der Waals surface area contributed by atoms with Crippen LogP contribution in [0.15, 0.2) is 57.4 Å². The molecule has 138 valence electrons. The summed E-state index contributed by atoms with van der Waals surface area (Å²) in [7, 11) is 0. The van der Waals surface area contributed by atoms with E-state index in [1.54, 1.807) is 23.1 Å². The molecule has 0 atom stereocenters. The summed E-state index contributed by atoms with van der Waals surface area (Å²) in [5.41, 5.74) is 2.20. The highest BCUT2D eigenvalue weighted by molar-refractivity contribution is 7.98. The van der Waals surface area contributed by atoms with Gasteiger partial charge in [0.1, 0.15) is 11.6 Å². The smallest absolute Gasteiger partial charge is 0.236 e. The Kier molecular flexibility index (Phi) is 5.40. The number of hydrogen-bond acceptors (Lipinski definition) is 6. The number of rotatable bonds is 7. The maximum Gasteiger partial charge on any atom is 0.236 e. The minimum absolute atomic E-state index is 0.694. The van der Waals surface area contributed by atoms with E-state index >= 15 is 0 Å². The first kappa shape index (κ1) is 18.0. The average Bonchev–Trinajstić information content (AvgIpc) is 3.41. The molecule has 4 aromatic rings. The Morgan fingerprint density at radius 3 is 2.70 bits per heavy atom. The van der Waals surface area contributed by atoms with Crippen molar-refractivity contribution >= 4 is 23.1 Å². The summed E-state index contributed by atoms with van der Waals surface area (Å²) >= 11 is 3.28. The third-order valence-corrected chi connectivity index (χ3v) is 6.11. The molecule has 5 nitrogen and oxygen atoms in total. The normalized spacial score (nSPS) is 11.2. The second-order valence-electron chi connectivity index (χ2n) is 6.09. The zero-order valence-electron chi connectivity index (χ0n) is 15.3. The maximum absolute atomic E-state index is 5.83. The summed E-state index contributed by atoms with van der Waals surface area (Å²) in [4.78, 5) is 5.71. The number of hydrogen-bond donors (Lipinski definition) is 0. The summed E-state index contributed by atoms with van der Waals surface area (Å²) in [6.07, 6.45) is 0.785. The van der Waals surface area contributed by atoms with E-state index in [0.29, 0.717) is 11.6 Å². The van der Waals surface area contributed by atoms with Gasteiger partial charge in [-0.15, -0.1) is 21.5 Å². The summed E-state index contributed by atoms with van der Waals surface area (Å²) < 4.78 is 8.01. The van der Waals surface area contributed by atoms with Crippen LogP contribution >= 0.6 is 23.1 Å². The van der Waals surface area contributed by atoms with Crippen LogP contribution in [0.2, 0.25) is 0 Å². The van der Waals surface area contributed by atoms with Gasteiger partial charge in [0, 0.05) is 18.7 Å². The Labute approximate surface area is 166 Å². The van der Waals surface area contributed by atoms with Gasteiger partial charge in [0.05, 0.1) is 10.6 Å². The fourth-order valence-corrected chi connectivity index (χ4v) is 4.52. The van der Waals surface area contributed by atoms with Crippen molar-refractivity contribution < 1.29 is 4.42 Å². The summed E-state index contributed by atoms with van der Waals surface area (Å²) in [6, 6.07) is 14.4. The van der Waals surface area contributed by atoms with Crippen LogP contribution in [-0.4, -0.2) is 19.7 Å². The molecular weight excluding hydrogens is 376 g/mol. The van der Waals surface area contributed by atoms with E-state index in [9.17, 15) is 0 Å². The number of nitrogens with zero attached hydrogens (tertiary/aromatic N) is 4. The van der Waals surface area contributed by atoms with Crippen LogP contribution in [0.4, 0.5) is 0 Å². The molecule has 0 aliphatic heterocycles. The highest BCUT2D eigenvalue weighted by Crippen LogP contribution is 2.29. The van der Waals surface area contributed by atoms with E-state index in [2.05, 4.69) is 50.9 Å². The first-order valence-corrected chi connectivity index (χ1v) is 10.7. The van der Waals surface area contributed by atoms with Gasteiger partial charge < -0.3 is 8.98 Å². The highest BCUT2D eigenvalue weighted by Gasteiger charge is 2.16. The second kappa shape index (κ2) is 8.10. The van der Waals surface area contributed by atoms with Crippen LogP contribution in [0, 0.1) is 6.92 Å². The predicted molar refractivity (Wildman–Crippen MR) is 109 cm³/mol. The SMILES string of the molecule is CCn1c(Cc2ccccc2)nnc1SCc1nc(-c2cccs2)oc1C. The van der Waals surface area contributed by atoms with Crippen LogP contribution in [0.3, 0.4) is 0 Å². The molecule has 0 saturated carbocycles. The molecule has 3 aromatic heterocycles. The lowest BCUT2D eigenvalue weighted by Crippen LogP contribution is -2.04. The van der Waals surface area contributed by atoms with Crippen LogP contribution in [0.5, 0.6) is 0 Å². The zero-order valence-corrected chi connectivity index (χ0v) is 16.9. The Morgan fingerprint density at radius 2 is 1.96 bits per heavy atom. The van der Waals surface area contributed by atoms with Crippen LogP contribution < -0.4 is 0 Å². The van der Waals surface area contributed by atoms with Crippen LogP contribution in [-0.2, 0) is 18.7 Å². The van der Waals surface area contributed by atoms with E-state index in [1.807, 2.05) is 30.5 Å². The number of thioether (sulfide) groups is 1. The molecule has 1 aromatic carbocycles. The number of aromatic nitrogens is 4. The van der Waals surface area contributed by atoms with Gasteiger partial charge in [0.25, 0.3) is 0 Å². The second-order valence-corrected chi connectivity index (χ2v) is 7.98. The molecule has 0 bridgehead atoms. The summed E-state index contributed by atoms with van der Waals surface area (Å²) in [5.74, 6) is 3.25. The summed E-state index contributed by atoms with van der Waals surface area (Å²) in [5, 5.41) is 11.8. The average molecular weight is 397 g/mol. The predicted octanol–water partition coefficient (Wildman–Crippen LogP) is 5.21. The van der Waals surface area contributed by atoms with Gasteiger partial charge in [-0.2, -0.15) is 0 Å². The van der Waals surface area contributed by atoms with Crippen molar-refractivity contribution in [1.82, 2.24) is 19.7 Å². The lowest BCUT2D eigenvalue weighted by molar-refractivity contribution is 0.542. The molecule has 0 saturated heterocycles. The molecule has 4 rings (SSSR count). The van der Waals surface area contributed by atoms with Crippen molar-refractivity contribution in [3.05, 3.63) is 70.7 Å². The largest absolute Gasteiger partial charge is 0.440 e.